The summed E-state index contributed by atoms with van der Waals surface area (Å²) < 4.78 is 13.5. The van der Waals surface area contributed by atoms with Crippen LogP contribution in [0.1, 0.15) is 22.4 Å². The van der Waals surface area contributed by atoms with E-state index < -0.39 is 5.54 Å². The van der Waals surface area contributed by atoms with E-state index in [9.17, 15) is 5.11 Å². The van der Waals surface area contributed by atoms with Gasteiger partial charge >= 0.3 is 0 Å². The molecular weight excluding hydrogens is 625 g/mol. The normalized spacial score (nSPS) is 13.5. The Morgan fingerprint density at radius 1 is 0.617 bits per heavy atom. The van der Waals surface area contributed by atoms with Crippen molar-refractivity contribution in [2.75, 3.05) is 14.2 Å². The first-order chi connectivity index (χ1) is 22.9. The number of phenols is 1. The smallest absolute Gasteiger partial charge is 0.124 e. The molecule has 0 saturated heterocycles. The van der Waals surface area contributed by atoms with E-state index in [0.717, 1.165) is 72.3 Å². The molecule has 8 rings (SSSR count). The summed E-state index contributed by atoms with van der Waals surface area (Å²) in [5.74, 6) is 1.73. The van der Waals surface area contributed by atoms with Crippen molar-refractivity contribution in [3.63, 3.8) is 0 Å². The average Bonchev–Trinajstić information content (AvgIpc) is 3.63. The van der Waals surface area contributed by atoms with E-state index in [1.807, 2.05) is 78.9 Å². The van der Waals surface area contributed by atoms with Gasteiger partial charge in [-0.05, 0) is 88.1 Å². The SMILES string of the molecule is COc1ccc(C2(c3ccc(OC)cc3)C=C(c3ccc(Cl)cc3)c3c(-c4c(O)ccc5ccccc45)c4ccc(Cl)cc4n32)cc1. The Labute approximate surface area is 282 Å². The summed E-state index contributed by atoms with van der Waals surface area (Å²) in [7, 11) is 3.34. The summed E-state index contributed by atoms with van der Waals surface area (Å²) in [5, 5.41) is 15.9. The van der Waals surface area contributed by atoms with Gasteiger partial charge in [0.15, 0.2) is 0 Å². The summed E-state index contributed by atoms with van der Waals surface area (Å²) in [6.45, 7) is 0. The van der Waals surface area contributed by atoms with Crippen LogP contribution in [0, 0.1) is 0 Å². The predicted octanol–water partition coefficient (Wildman–Crippen LogP) is 10.7. The molecule has 230 valence electrons. The van der Waals surface area contributed by atoms with Crippen molar-refractivity contribution in [2.24, 2.45) is 0 Å². The fourth-order valence-electron chi connectivity index (χ4n) is 7.13. The maximum absolute atomic E-state index is 11.7. The summed E-state index contributed by atoms with van der Waals surface area (Å²) in [6.07, 6.45) is 2.32. The average molecular weight is 655 g/mol. The zero-order valence-corrected chi connectivity index (χ0v) is 27.2. The van der Waals surface area contributed by atoms with E-state index in [1.165, 1.54) is 0 Å². The number of halogens is 2. The molecule has 0 unspecified atom stereocenters. The van der Waals surface area contributed by atoms with Crippen molar-refractivity contribution in [1.82, 2.24) is 4.57 Å². The van der Waals surface area contributed by atoms with Crippen molar-refractivity contribution in [1.29, 1.82) is 0 Å². The van der Waals surface area contributed by atoms with Gasteiger partial charge in [-0.1, -0.05) is 96.0 Å². The minimum atomic E-state index is -0.829. The highest BCUT2D eigenvalue weighted by atomic mass is 35.5. The van der Waals surface area contributed by atoms with Crippen LogP contribution in [0.3, 0.4) is 0 Å². The molecule has 1 N–H and O–H groups in total. The van der Waals surface area contributed by atoms with Crippen molar-refractivity contribution in [3.05, 3.63) is 166 Å². The number of ether oxygens (including phenoxy) is 2. The van der Waals surface area contributed by atoms with Gasteiger partial charge in [-0.3, -0.25) is 0 Å². The molecule has 7 aromatic rings. The monoisotopic (exact) mass is 653 g/mol. The third-order valence-electron chi connectivity index (χ3n) is 9.26. The first kappa shape index (κ1) is 29.3. The Kier molecular flexibility index (Phi) is 7.02. The number of aromatic hydroxyl groups is 1. The van der Waals surface area contributed by atoms with Crippen LogP contribution >= 0.6 is 23.2 Å². The van der Waals surface area contributed by atoms with Gasteiger partial charge in [-0.15, -0.1) is 0 Å². The highest BCUT2D eigenvalue weighted by molar-refractivity contribution is 6.31. The molecule has 1 aliphatic rings. The minimum absolute atomic E-state index is 0.204. The van der Waals surface area contributed by atoms with Gasteiger partial charge in [0, 0.05) is 32.1 Å². The number of hydrogen-bond acceptors (Lipinski definition) is 3. The zero-order chi connectivity index (χ0) is 32.3. The lowest BCUT2D eigenvalue weighted by molar-refractivity contribution is 0.413. The number of allylic oxidation sites excluding steroid dienone is 1. The van der Waals surface area contributed by atoms with Crippen LogP contribution in [-0.2, 0) is 5.54 Å². The summed E-state index contributed by atoms with van der Waals surface area (Å²) in [6, 6.07) is 42.2. The first-order valence-electron chi connectivity index (χ1n) is 15.3. The van der Waals surface area contributed by atoms with E-state index in [0.29, 0.717) is 10.0 Å². The number of nitrogens with zero attached hydrogens (tertiary/aromatic N) is 1. The van der Waals surface area contributed by atoms with Crippen LogP contribution in [-0.4, -0.2) is 23.9 Å². The molecule has 0 fully saturated rings. The number of benzene rings is 6. The fourth-order valence-corrected chi connectivity index (χ4v) is 7.42. The molecule has 0 amide bonds. The van der Waals surface area contributed by atoms with Gasteiger partial charge in [0.2, 0.25) is 0 Å². The van der Waals surface area contributed by atoms with E-state index in [4.69, 9.17) is 32.7 Å². The van der Waals surface area contributed by atoms with Crippen LogP contribution in [0.4, 0.5) is 0 Å². The molecule has 0 atom stereocenters. The first-order valence-corrected chi connectivity index (χ1v) is 16.0. The fraction of sp³-hybridized carbons (Fsp3) is 0.0732. The zero-order valence-electron chi connectivity index (χ0n) is 25.7. The highest BCUT2D eigenvalue weighted by Gasteiger charge is 2.45. The maximum Gasteiger partial charge on any atom is 0.124 e. The maximum atomic E-state index is 11.7. The second-order valence-electron chi connectivity index (χ2n) is 11.7. The van der Waals surface area contributed by atoms with Gasteiger partial charge in [-0.25, -0.2) is 0 Å². The second-order valence-corrected chi connectivity index (χ2v) is 12.6. The summed E-state index contributed by atoms with van der Waals surface area (Å²) in [4.78, 5) is 0. The number of fused-ring (bicyclic) bond motifs is 4. The van der Waals surface area contributed by atoms with Gasteiger partial charge in [-0.2, -0.15) is 0 Å². The van der Waals surface area contributed by atoms with E-state index in [-0.39, 0.29) is 5.75 Å². The van der Waals surface area contributed by atoms with Crippen molar-refractivity contribution in [3.8, 4) is 28.4 Å². The Morgan fingerprint density at radius 2 is 1.23 bits per heavy atom. The molecule has 0 aliphatic carbocycles. The molecule has 4 nitrogen and oxygen atoms in total. The van der Waals surface area contributed by atoms with E-state index >= 15 is 0 Å². The third-order valence-corrected chi connectivity index (χ3v) is 9.75. The molecule has 6 heteroatoms. The lowest BCUT2D eigenvalue weighted by atomic mass is 9.81. The molecule has 2 heterocycles. The largest absolute Gasteiger partial charge is 0.507 e. The standard InChI is InChI=1S/C41H29Cl2NO3/c1-46-31-17-10-27(11-18-31)41(28-12-19-32(47-2)20-13-28)24-35(26-7-14-29(42)15-8-26)40-39(34-21-16-30(43)23-36(34)44(40)41)38-33-6-4-3-5-25(33)9-22-37(38)45/h3-24,45H,1-2H3. The van der Waals surface area contributed by atoms with E-state index in [2.05, 4.69) is 53.1 Å². The second kappa shape index (κ2) is 11.3. The van der Waals surface area contributed by atoms with Gasteiger partial charge in [0.05, 0.1) is 25.4 Å². The predicted molar refractivity (Wildman–Crippen MR) is 192 cm³/mol. The van der Waals surface area contributed by atoms with Crippen molar-refractivity contribution in [2.45, 2.75) is 5.54 Å². The van der Waals surface area contributed by atoms with Gasteiger partial charge in [0.25, 0.3) is 0 Å². The molecule has 0 spiro atoms. The molecular formula is C41H29Cl2NO3. The van der Waals surface area contributed by atoms with Crippen LogP contribution in [0.15, 0.2) is 133 Å². The molecule has 0 radical (unpaired) electrons. The van der Waals surface area contributed by atoms with Crippen LogP contribution in [0.2, 0.25) is 10.0 Å². The lowest BCUT2D eigenvalue weighted by Crippen LogP contribution is -2.32. The van der Waals surface area contributed by atoms with Crippen LogP contribution < -0.4 is 9.47 Å². The Balaban J connectivity index is 1.59. The number of phenolic OH excluding ortho intramolecular Hbond substituents is 1. The van der Waals surface area contributed by atoms with Gasteiger partial charge < -0.3 is 19.1 Å². The number of methoxy groups -OCH3 is 2. The third kappa shape index (κ3) is 4.51. The molecule has 0 saturated carbocycles. The molecule has 1 aliphatic heterocycles. The Bertz CT molecular complexity index is 2290. The van der Waals surface area contributed by atoms with E-state index in [1.54, 1.807) is 20.3 Å². The lowest BCUT2D eigenvalue weighted by Gasteiger charge is -2.33. The topological polar surface area (TPSA) is 43.6 Å². The highest BCUT2D eigenvalue weighted by Crippen LogP contribution is 2.56. The molecule has 1 aromatic heterocycles. The minimum Gasteiger partial charge on any atom is -0.507 e. The van der Waals surface area contributed by atoms with Crippen molar-refractivity contribution < 1.29 is 14.6 Å². The quantitative estimate of drug-likeness (QED) is 0.194. The molecule has 0 bridgehead atoms. The van der Waals surface area contributed by atoms with Crippen molar-refractivity contribution >= 4 is 50.5 Å². The number of hydrogen-bond donors (Lipinski definition) is 1. The molecule has 47 heavy (non-hydrogen) atoms. The number of aromatic nitrogens is 1. The molecule has 6 aromatic carbocycles. The van der Waals surface area contributed by atoms with Gasteiger partial charge in [0.1, 0.15) is 22.8 Å². The van der Waals surface area contributed by atoms with Crippen LogP contribution in [0.5, 0.6) is 17.2 Å². The summed E-state index contributed by atoms with van der Waals surface area (Å²) >= 11 is 13.2. The van der Waals surface area contributed by atoms with Crippen LogP contribution in [0.25, 0.3) is 38.4 Å². The summed E-state index contributed by atoms with van der Waals surface area (Å²) in [5.41, 5.74) is 6.81. The number of rotatable bonds is 6. The Morgan fingerprint density at radius 3 is 1.87 bits per heavy atom. The Hall–Kier alpha value is -5.16.